The van der Waals surface area contributed by atoms with E-state index in [0.717, 1.165) is 36.5 Å². The molecule has 2 aromatic carbocycles. The fraction of sp³-hybridized carbons (Fsp3) is 0.211. The number of hydrogen-bond acceptors (Lipinski definition) is 3. The van der Waals surface area contributed by atoms with E-state index in [0.29, 0.717) is 0 Å². The summed E-state index contributed by atoms with van der Waals surface area (Å²) >= 11 is 0. The Labute approximate surface area is 139 Å². The summed E-state index contributed by atoms with van der Waals surface area (Å²) in [4.78, 5) is 2.34. The SMILES string of the molecule is Fc1ccc(-n2cc(-c3ccc(C45CN4CCO5)cc3)cn2)cc1. The summed E-state index contributed by atoms with van der Waals surface area (Å²) in [5.74, 6) is -0.246. The third kappa shape index (κ3) is 2.09. The van der Waals surface area contributed by atoms with Crippen LogP contribution in [0.15, 0.2) is 60.9 Å². The summed E-state index contributed by atoms with van der Waals surface area (Å²) in [5.41, 5.74) is 4.04. The minimum absolute atomic E-state index is 0.156. The van der Waals surface area contributed by atoms with Crippen molar-refractivity contribution in [1.29, 1.82) is 0 Å². The van der Waals surface area contributed by atoms with Crippen LogP contribution in [0.4, 0.5) is 4.39 Å². The maximum atomic E-state index is 13.0. The van der Waals surface area contributed by atoms with Gasteiger partial charge in [0.05, 0.1) is 18.5 Å². The molecule has 5 rings (SSSR count). The number of fused-ring (bicyclic) bond motifs is 1. The van der Waals surface area contributed by atoms with Gasteiger partial charge in [0.15, 0.2) is 5.72 Å². The van der Waals surface area contributed by atoms with Gasteiger partial charge in [-0.15, -0.1) is 0 Å². The molecule has 0 amide bonds. The van der Waals surface area contributed by atoms with Crippen molar-refractivity contribution in [2.45, 2.75) is 5.72 Å². The van der Waals surface area contributed by atoms with Crippen molar-refractivity contribution in [3.63, 3.8) is 0 Å². The highest BCUT2D eigenvalue weighted by molar-refractivity contribution is 5.63. The Balaban J connectivity index is 1.42. The second-order valence-corrected chi connectivity index (χ2v) is 6.28. The van der Waals surface area contributed by atoms with Crippen LogP contribution >= 0.6 is 0 Å². The molecule has 2 aliphatic heterocycles. The topological polar surface area (TPSA) is 30.1 Å². The molecule has 5 heteroatoms. The van der Waals surface area contributed by atoms with Crippen LogP contribution in [-0.2, 0) is 10.5 Å². The van der Waals surface area contributed by atoms with Gasteiger partial charge < -0.3 is 4.74 Å². The van der Waals surface area contributed by atoms with Gasteiger partial charge >= 0.3 is 0 Å². The summed E-state index contributed by atoms with van der Waals surface area (Å²) in [7, 11) is 0. The van der Waals surface area contributed by atoms with E-state index in [2.05, 4.69) is 34.3 Å². The first-order chi connectivity index (χ1) is 11.7. The summed E-state index contributed by atoms with van der Waals surface area (Å²) in [6.07, 6.45) is 3.78. The average Bonchev–Trinajstić information content (AvgIpc) is 2.99. The zero-order valence-corrected chi connectivity index (χ0v) is 13.0. The predicted molar refractivity (Wildman–Crippen MR) is 88.2 cm³/mol. The molecular formula is C19H16FN3O. The number of halogens is 1. The van der Waals surface area contributed by atoms with Crippen LogP contribution < -0.4 is 0 Å². The first-order valence-electron chi connectivity index (χ1n) is 8.05. The fourth-order valence-corrected chi connectivity index (χ4v) is 3.43. The molecule has 2 atom stereocenters. The smallest absolute Gasteiger partial charge is 0.160 e. The fourth-order valence-electron chi connectivity index (χ4n) is 3.43. The third-order valence-electron chi connectivity index (χ3n) is 4.86. The lowest BCUT2D eigenvalue weighted by Gasteiger charge is -2.11. The van der Waals surface area contributed by atoms with Crippen LogP contribution in [0.5, 0.6) is 0 Å². The van der Waals surface area contributed by atoms with Gasteiger partial charge in [-0.1, -0.05) is 24.3 Å². The largest absolute Gasteiger partial charge is 0.353 e. The van der Waals surface area contributed by atoms with Crippen molar-refractivity contribution < 1.29 is 9.13 Å². The van der Waals surface area contributed by atoms with E-state index in [1.54, 1.807) is 16.8 Å². The van der Waals surface area contributed by atoms with Crippen LogP contribution in [-0.4, -0.2) is 34.4 Å². The molecule has 0 saturated carbocycles. The number of ether oxygens (including phenoxy) is 1. The molecule has 1 aromatic heterocycles. The highest BCUT2D eigenvalue weighted by atomic mass is 19.1. The molecule has 4 nitrogen and oxygen atoms in total. The maximum absolute atomic E-state index is 13.0. The first-order valence-corrected chi connectivity index (χ1v) is 8.05. The number of morpholine rings is 1. The van der Waals surface area contributed by atoms with Gasteiger partial charge in [-0.25, -0.2) is 9.07 Å². The molecule has 2 aliphatic rings. The van der Waals surface area contributed by atoms with E-state index < -0.39 is 0 Å². The van der Waals surface area contributed by atoms with Gasteiger partial charge in [-0.05, 0) is 29.8 Å². The molecule has 3 aromatic rings. The number of hydrogen-bond donors (Lipinski definition) is 0. The van der Waals surface area contributed by atoms with Crippen molar-refractivity contribution in [2.24, 2.45) is 0 Å². The van der Waals surface area contributed by atoms with Crippen LogP contribution in [0.1, 0.15) is 5.56 Å². The van der Waals surface area contributed by atoms with Gasteiger partial charge in [0, 0.05) is 30.4 Å². The predicted octanol–water partition coefficient (Wildman–Crippen LogP) is 3.18. The lowest BCUT2D eigenvalue weighted by molar-refractivity contribution is 0.0589. The van der Waals surface area contributed by atoms with E-state index >= 15 is 0 Å². The summed E-state index contributed by atoms with van der Waals surface area (Å²) in [6, 6.07) is 14.8. The van der Waals surface area contributed by atoms with Crippen LogP contribution in [0, 0.1) is 5.82 Å². The van der Waals surface area contributed by atoms with Crippen molar-refractivity contribution >= 4 is 0 Å². The molecular weight excluding hydrogens is 305 g/mol. The molecule has 0 N–H and O–H groups in total. The minimum Gasteiger partial charge on any atom is -0.353 e. The molecule has 2 unspecified atom stereocenters. The molecule has 0 bridgehead atoms. The Bertz CT molecular complexity index is 888. The maximum Gasteiger partial charge on any atom is 0.160 e. The van der Waals surface area contributed by atoms with Crippen molar-refractivity contribution in [3.8, 4) is 16.8 Å². The second-order valence-electron chi connectivity index (χ2n) is 6.28. The summed E-state index contributed by atoms with van der Waals surface area (Å²) in [5, 5.41) is 4.38. The zero-order valence-electron chi connectivity index (χ0n) is 13.0. The van der Waals surface area contributed by atoms with Crippen molar-refractivity contribution in [3.05, 3.63) is 72.3 Å². The monoisotopic (exact) mass is 321 g/mol. The van der Waals surface area contributed by atoms with E-state index in [-0.39, 0.29) is 11.5 Å². The molecule has 3 heterocycles. The molecule has 0 radical (unpaired) electrons. The molecule has 24 heavy (non-hydrogen) atoms. The Hall–Kier alpha value is -2.50. The van der Waals surface area contributed by atoms with E-state index in [4.69, 9.17) is 4.74 Å². The van der Waals surface area contributed by atoms with Gasteiger partial charge in [-0.2, -0.15) is 5.10 Å². The zero-order chi connectivity index (χ0) is 16.1. The lowest BCUT2D eigenvalue weighted by atomic mass is 10.0. The summed E-state index contributed by atoms with van der Waals surface area (Å²) in [6.45, 7) is 2.83. The van der Waals surface area contributed by atoms with Gasteiger partial charge in [0.1, 0.15) is 5.82 Å². The Morgan fingerprint density at radius 1 is 1.00 bits per heavy atom. The molecule has 120 valence electrons. The second kappa shape index (κ2) is 5.00. The lowest BCUT2D eigenvalue weighted by Crippen LogP contribution is -2.11. The van der Waals surface area contributed by atoms with Crippen LogP contribution in [0.3, 0.4) is 0 Å². The molecule has 2 fully saturated rings. The Kier molecular flexibility index (Phi) is 2.89. The van der Waals surface area contributed by atoms with E-state index in [9.17, 15) is 4.39 Å². The molecule has 2 saturated heterocycles. The van der Waals surface area contributed by atoms with Crippen LogP contribution in [0.25, 0.3) is 16.8 Å². The van der Waals surface area contributed by atoms with Crippen LogP contribution in [0.2, 0.25) is 0 Å². The Morgan fingerprint density at radius 2 is 1.79 bits per heavy atom. The number of benzene rings is 2. The van der Waals surface area contributed by atoms with Gasteiger partial charge in [0.2, 0.25) is 0 Å². The Morgan fingerprint density at radius 3 is 2.46 bits per heavy atom. The van der Waals surface area contributed by atoms with E-state index in [1.807, 2.05) is 12.4 Å². The number of nitrogens with zero attached hydrogens (tertiary/aromatic N) is 3. The molecule has 0 aliphatic carbocycles. The quantitative estimate of drug-likeness (QED) is 0.694. The standard InChI is InChI=1S/C19H16FN3O/c20-17-5-7-18(8-6-17)23-12-15(11-21-23)14-1-3-16(4-2-14)19-13-22(19)9-10-24-19/h1-8,11-12H,9-10,13H2. The van der Waals surface area contributed by atoms with E-state index in [1.165, 1.54) is 17.7 Å². The normalized spacial score (nSPS) is 24.8. The van der Waals surface area contributed by atoms with Crippen molar-refractivity contribution in [1.82, 2.24) is 14.7 Å². The number of rotatable bonds is 3. The number of aromatic nitrogens is 2. The van der Waals surface area contributed by atoms with Gasteiger partial charge in [0.25, 0.3) is 0 Å². The highest BCUT2D eigenvalue weighted by Crippen LogP contribution is 2.47. The average molecular weight is 321 g/mol. The molecule has 0 spiro atoms. The highest BCUT2D eigenvalue weighted by Gasteiger charge is 2.58. The van der Waals surface area contributed by atoms with Gasteiger partial charge in [-0.3, -0.25) is 4.90 Å². The summed E-state index contributed by atoms with van der Waals surface area (Å²) < 4.78 is 20.7. The minimum atomic E-state index is -0.246. The van der Waals surface area contributed by atoms with Crippen molar-refractivity contribution in [2.75, 3.05) is 19.7 Å². The third-order valence-corrected chi connectivity index (χ3v) is 4.86. The first kappa shape index (κ1) is 13.9.